The van der Waals surface area contributed by atoms with Crippen LogP contribution >= 0.6 is 11.6 Å². The van der Waals surface area contributed by atoms with Gasteiger partial charge in [0.2, 0.25) is 0 Å². The van der Waals surface area contributed by atoms with Crippen LogP contribution in [0.1, 0.15) is 15.9 Å². The fourth-order valence-corrected chi connectivity index (χ4v) is 1.73. The third kappa shape index (κ3) is 2.68. The van der Waals surface area contributed by atoms with E-state index >= 15 is 0 Å². The number of nitrogens with zero attached hydrogens (tertiary/aromatic N) is 2. The molecule has 2 aromatic rings. The number of nitrogens with one attached hydrogen (secondary N) is 1. The summed E-state index contributed by atoms with van der Waals surface area (Å²) in [7, 11) is 0. The molecule has 0 spiro atoms. The first-order valence-corrected chi connectivity index (χ1v) is 5.75. The number of nitriles is 1. The molecule has 5 nitrogen and oxygen atoms in total. The van der Waals surface area contributed by atoms with Crippen LogP contribution in [0, 0.1) is 17.1 Å². The number of rotatable bonds is 3. The number of aromatic nitrogens is 1. The van der Waals surface area contributed by atoms with Gasteiger partial charge in [-0.2, -0.15) is 5.26 Å². The van der Waals surface area contributed by atoms with Crippen LogP contribution in [0.5, 0.6) is 0 Å². The van der Waals surface area contributed by atoms with Gasteiger partial charge in [0.15, 0.2) is 0 Å². The number of anilines is 2. The van der Waals surface area contributed by atoms with E-state index in [1.54, 1.807) is 6.07 Å². The van der Waals surface area contributed by atoms with Crippen LogP contribution in [0.2, 0.25) is 5.02 Å². The van der Waals surface area contributed by atoms with Crippen molar-refractivity contribution in [3.63, 3.8) is 0 Å². The van der Waals surface area contributed by atoms with Gasteiger partial charge in [0.25, 0.3) is 0 Å². The summed E-state index contributed by atoms with van der Waals surface area (Å²) in [5.41, 5.74) is -0.0436. The lowest BCUT2D eigenvalue weighted by Crippen LogP contribution is -2.02. The molecule has 0 atom stereocenters. The van der Waals surface area contributed by atoms with E-state index in [1.807, 2.05) is 0 Å². The number of carbonyl (C=O) groups is 1. The number of pyridine rings is 1. The highest BCUT2D eigenvalue weighted by Crippen LogP contribution is 2.26. The summed E-state index contributed by atoms with van der Waals surface area (Å²) in [6.45, 7) is 0. The van der Waals surface area contributed by atoms with Gasteiger partial charge in [0.1, 0.15) is 23.3 Å². The predicted octanol–water partition coefficient (Wildman–Crippen LogP) is 3.19. The Morgan fingerprint density at radius 3 is 2.85 bits per heavy atom. The lowest BCUT2D eigenvalue weighted by molar-refractivity contribution is 0.0696. The van der Waals surface area contributed by atoms with Crippen molar-refractivity contribution in [2.75, 3.05) is 5.32 Å². The second-order valence-corrected chi connectivity index (χ2v) is 4.17. The molecular weight excluding hydrogens is 285 g/mol. The van der Waals surface area contributed by atoms with E-state index in [2.05, 4.69) is 10.3 Å². The zero-order chi connectivity index (χ0) is 14.7. The van der Waals surface area contributed by atoms with Gasteiger partial charge in [-0.1, -0.05) is 17.7 Å². The largest absolute Gasteiger partial charge is 0.478 e. The normalized spacial score (nSPS) is 9.85. The monoisotopic (exact) mass is 291 g/mol. The smallest absolute Gasteiger partial charge is 0.337 e. The van der Waals surface area contributed by atoms with E-state index in [-0.39, 0.29) is 27.7 Å². The number of carboxylic acid groups (broad SMARTS) is 1. The van der Waals surface area contributed by atoms with Gasteiger partial charge in [-0.05, 0) is 18.2 Å². The second kappa shape index (κ2) is 5.55. The predicted molar refractivity (Wildman–Crippen MR) is 70.6 cm³/mol. The Balaban J connectivity index is 2.39. The number of aromatic carboxylic acids is 1. The third-order valence-electron chi connectivity index (χ3n) is 2.47. The molecule has 100 valence electrons. The molecule has 0 aliphatic heterocycles. The summed E-state index contributed by atoms with van der Waals surface area (Å²) in [4.78, 5) is 14.6. The van der Waals surface area contributed by atoms with Gasteiger partial charge in [0, 0.05) is 6.20 Å². The van der Waals surface area contributed by atoms with Gasteiger partial charge >= 0.3 is 5.97 Å². The number of benzene rings is 1. The van der Waals surface area contributed by atoms with Crippen molar-refractivity contribution < 1.29 is 14.3 Å². The zero-order valence-electron chi connectivity index (χ0n) is 9.89. The molecule has 1 aromatic carbocycles. The molecule has 0 amide bonds. The van der Waals surface area contributed by atoms with Crippen LogP contribution < -0.4 is 5.32 Å². The SMILES string of the molecule is N#Cc1c(F)cccc1Nc1ncc(C(=O)O)cc1Cl. The van der Waals surface area contributed by atoms with Crippen molar-refractivity contribution in [2.45, 2.75) is 0 Å². The number of hydrogen-bond donors (Lipinski definition) is 2. The number of hydrogen-bond acceptors (Lipinski definition) is 4. The molecule has 0 aliphatic rings. The fourth-order valence-electron chi connectivity index (χ4n) is 1.52. The summed E-state index contributed by atoms with van der Waals surface area (Å²) in [6, 6.07) is 7.02. The van der Waals surface area contributed by atoms with Crippen molar-refractivity contribution in [2.24, 2.45) is 0 Å². The van der Waals surface area contributed by atoms with Crippen LogP contribution in [0.4, 0.5) is 15.9 Å². The van der Waals surface area contributed by atoms with E-state index in [9.17, 15) is 9.18 Å². The minimum atomic E-state index is -1.16. The maximum atomic E-state index is 13.4. The summed E-state index contributed by atoms with van der Waals surface area (Å²) >= 11 is 5.89. The van der Waals surface area contributed by atoms with Gasteiger partial charge in [-0.3, -0.25) is 0 Å². The molecule has 0 aliphatic carbocycles. The molecule has 20 heavy (non-hydrogen) atoms. The lowest BCUT2D eigenvalue weighted by Gasteiger charge is -2.09. The van der Waals surface area contributed by atoms with Gasteiger partial charge in [-0.15, -0.1) is 0 Å². The standard InChI is InChI=1S/C13H7ClFN3O2/c14-9-4-7(13(19)20)6-17-12(9)18-11-3-1-2-10(15)8(11)5-16/h1-4,6H,(H,17,18)(H,19,20). The molecule has 0 bridgehead atoms. The third-order valence-corrected chi connectivity index (χ3v) is 2.75. The highest BCUT2D eigenvalue weighted by Gasteiger charge is 2.12. The maximum Gasteiger partial charge on any atom is 0.337 e. The molecule has 0 saturated carbocycles. The molecule has 0 saturated heterocycles. The van der Waals surface area contributed by atoms with Gasteiger partial charge in [0.05, 0.1) is 16.3 Å². The first-order chi connectivity index (χ1) is 9.52. The van der Waals surface area contributed by atoms with Crippen LogP contribution in [0.15, 0.2) is 30.5 Å². The maximum absolute atomic E-state index is 13.4. The molecule has 0 fully saturated rings. The average molecular weight is 292 g/mol. The molecule has 2 N–H and O–H groups in total. The highest BCUT2D eigenvalue weighted by atomic mass is 35.5. The van der Waals surface area contributed by atoms with E-state index < -0.39 is 11.8 Å². The number of carboxylic acids is 1. The summed E-state index contributed by atoms with van der Waals surface area (Å²) in [5.74, 6) is -1.69. The molecule has 2 rings (SSSR count). The Morgan fingerprint density at radius 1 is 1.50 bits per heavy atom. The van der Waals surface area contributed by atoms with E-state index in [4.69, 9.17) is 22.0 Å². The fraction of sp³-hybridized carbons (Fsp3) is 0. The Kier molecular flexibility index (Phi) is 3.82. The zero-order valence-corrected chi connectivity index (χ0v) is 10.6. The second-order valence-electron chi connectivity index (χ2n) is 3.76. The summed E-state index contributed by atoms with van der Waals surface area (Å²) in [6.07, 6.45) is 1.11. The minimum Gasteiger partial charge on any atom is -0.478 e. The molecule has 0 radical (unpaired) electrons. The van der Waals surface area contributed by atoms with E-state index in [0.29, 0.717) is 0 Å². The Morgan fingerprint density at radius 2 is 2.25 bits per heavy atom. The van der Waals surface area contributed by atoms with Gasteiger partial charge in [-0.25, -0.2) is 14.2 Å². The van der Waals surface area contributed by atoms with Crippen molar-refractivity contribution >= 4 is 29.1 Å². The van der Waals surface area contributed by atoms with Crippen molar-refractivity contribution in [1.82, 2.24) is 4.98 Å². The lowest BCUT2D eigenvalue weighted by atomic mass is 10.2. The number of halogens is 2. The Labute approximate surface area is 118 Å². The quantitative estimate of drug-likeness (QED) is 0.907. The van der Waals surface area contributed by atoms with Crippen LogP contribution in [0.3, 0.4) is 0 Å². The first-order valence-electron chi connectivity index (χ1n) is 5.37. The van der Waals surface area contributed by atoms with Crippen LogP contribution in [-0.4, -0.2) is 16.1 Å². The minimum absolute atomic E-state index is 0.0538. The Bertz CT molecular complexity index is 728. The first kappa shape index (κ1) is 13.8. The molecule has 1 heterocycles. The summed E-state index contributed by atoms with van der Waals surface area (Å²) in [5, 5.41) is 20.5. The van der Waals surface area contributed by atoms with Crippen molar-refractivity contribution in [1.29, 1.82) is 5.26 Å². The van der Waals surface area contributed by atoms with Crippen LogP contribution in [0.25, 0.3) is 0 Å². The average Bonchev–Trinajstić information content (AvgIpc) is 2.41. The molecule has 1 aromatic heterocycles. The van der Waals surface area contributed by atoms with E-state index in [1.165, 1.54) is 18.2 Å². The van der Waals surface area contributed by atoms with Crippen LogP contribution in [-0.2, 0) is 0 Å². The topological polar surface area (TPSA) is 86.0 Å². The molecular formula is C13H7ClFN3O2. The Hall–Kier alpha value is -2.65. The molecule has 0 unspecified atom stereocenters. The highest BCUT2D eigenvalue weighted by molar-refractivity contribution is 6.33. The van der Waals surface area contributed by atoms with E-state index in [0.717, 1.165) is 12.3 Å². The molecule has 7 heteroatoms. The van der Waals surface area contributed by atoms with Crippen molar-refractivity contribution in [3.05, 3.63) is 52.4 Å². The summed E-state index contributed by atoms with van der Waals surface area (Å²) < 4.78 is 13.4. The van der Waals surface area contributed by atoms with Gasteiger partial charge < -0.3 is 10.4 Å². The van der Waals surface area contributed by atoms with Crippen molar-refractivity contribution in [3.8, 4) is 6.07 Å².